The van der Waals surface area contributed by atoms with Crippen LogP contribution in [0.2, 0.25) is 0 Å². The van der Waals surface area contributed by atoms with Crippen molar-refractivity contribution in [1.82, 2.24) is 5.32 Å². The minimum absolute atomic E-state index is 0.0610. The normalized spacial score (nSPS) is 13.8. The summed E-state index contributed by atoms with van der Waals surface area (Å²) < 4.78 is 0. The third kappa shape index (κ3) is 4.02. The van der Waals surface area contributed by atoms with Gasteiger partial charge >= 0.3 is 11.9 Å². The Kier molecular flexibility index (Phi) is 5.63. The largest absolute Gasteiger partial charge is 0.478 e. The van der Waals surface area contributed by atoms with Crippen molar-refractivity contribution in [3.63, 3.8) is 0 Å². The molecule has 7 heteroatoms. The van der Waals surface area contributed by atoms with E-state index in [0.29, 0.717) is 6.54 Å². The number of aromatic carboxylic acids is 2. The Bertz CT molecular complexity index is 469. The average Bonchev–Trinajstić information content (AvgIpc) is 2.43. The van der Waals surface area contributed by atoms with Gasteiger partial charge < -0.3 is 25.7 Å². The van der Waals surface area contributed by atoms with E-state index in [4.69, 9.17) is 10.2 Å². The van der Waals surface area contributed by atoms with Crippen molar-refractivity contribution in [3.8, 4) is 0 Å². The summed E-state index contributed by atoms with van der Waals surface area (Å²) in [4.78, 5) is 21.9. The molecule has 0 bridgehead atoms. The third-order valence-corrected chi connectivity index (χ3v) is 2.85. The van der Waals surface area contributed by atoms with Gasteiger partial charge in [-0.1, -0.05) is 0 Å². The van der Waals surface area contributed by atoms with Crippen LogP contribution in [0.25, 0.3) is 0 Å². The molecular formula is C13H17NO6. The minimum atomic E-state index is -1.35. The zero-order valence-electron chi connectivity index (χ0n) is 10.9. The summed E-state index contributed by atoms with van der Waals surface area (Å²) in [6.07, 6.45) is -2.22. The van der Waals surface area contributed by atoms with Crippen LogP contribution in [0.1, 0.15) is 38.8 Å². The first-order valence-electron chi connectivity index (χ1n) is 5.99. The minimum Gasteiger partial charge on any atom is -0.478 e. The van der Waals surface area contributed by atoms with Crippen molar-refractivity contribution < 1.29 is 30.0 Å². The van der Waals surface area contributed by atoms with Crippen LogP contribution < -0.4 is 5.32 Å². The van der Waals surface area contributed by atoms with Crippen molar-refractivity contribution in [2.75, 3.05) is 13.6 Å². The van der Waals surface area contributed by atoms with Crippen LogP contribution in [0.4, 0.5) is 0 Å². The highest BCUT2D eigenvalue weighted by Gasteiger charge is 2.21. The van der Waals surface area contributed by atoms with Gasteiger partial charge in [-0.2, -0.15) is 0 Å². The highest BCUT2D eigenvalue weighted by Crippen LogP contribution is 2.22. The van der Waals surface area contributed by atoms with E-state index in [0.717, 1.165) is 18.2 Å². The summed E-state index contributed by atoms with van der Waals surface area (Å²) in [6, 6.07) is 3.31. The van der Waals surface area contributed by atoms with Gasteiger partial charge in [-0.25, -0.2) is 9.59 Å². The van der Waals surface area contributed by atoms with Crippen LogP contribution in [0.3, 0.4) is 0 Å². The number of hydrogen-bond acceptors (Lipinski definition) is 5. The van der Waals surface area contributed by atoms with Crippen molar-refractivity contribution in [2.24, 2.45) is 0 Å². The molecule has 0 aliphatic rings. The predicted octanol–water partition coefficient (Wildman–Crippen LogP) is 0.0868. The zero-order chi connectivity index (χ0) is 15.3. The molecule has 0 saturated heterocycles. The van der Waals surface area contributed by atoms with Gasteiger partial charge in [0.05, 0.1) is 17.2 Å². The molecule has 0 fully saturated rings. The Hall–Kier alpha value is -1.96. The number of carbonyl (C=O) groups is 2. The van der Waals surface area contributed by atoms with E-state index in [-0.39, 0.29) is 23.1 Å². The maximum atomic E-state index is 10.9. The predicted molar refractivity (Wildman–Crippen MR) is 69.9 cm³/mol. The van der Waals surface area contributed by atoms with Gasteiger partial charge in [-0.05, 0) is 43.8 Å². The standard InChI is InChI=1S/C13H17NO6/c1-14-3-2-10(15)11(16)7-4-8(12(17)18)6-9(5-7)13(19)20/h4-6,10-11,14-16H,2-3H2,1H3,(H,17,18)(H,19,20). The zero-order valence-corrected chi connectivity index (χ0v) is 10.9. The number of hydrogen-bond donors (Lipinski definition) is 5. The lowest BCUT2D eigenvalue weighted by Crippen LogP contribution is -2.23. The summed E-state index contributed by atoms with van der Waals surface area (Å²) in [6.45, 7) is 0.461. The van der Waals surface area contributed by atoms with Gasteiger partial charge in [0.15, 0.2) is 0 Å². The molecule has 0 amide bonds. The molecule has 1 aromatic carbocycles. The third-order valence-electron chi connectivity index (χ3n) is 2.85. The fourth-order valence-corrected chi connectivity index (χ4v) is 1.74. The Labute approximate surface area is 115 Å². The maximum Gasteiger partial charge on any atom is 0.335 e. The first-order valence-corrected chi connectivity index (χ1v) is 5.99. The van der Waals surface area contributed by atoms with Gasteiger partial charge in [0.25, 0.3) is 0 Å². The lowest BCUT2D eigenvalue weighted by molar-refractivity contribution is 0.0139. The lowest BCUT2D eigenvalue weighted by atomic mass is 9.97. The summed E-state index contributed by atoms with van der Waals surface area (Å²) in [7, 11) is 1.69. The van der Waals surface area contributed by atoms with Gasteiger partial charge in [-0.15, -0.1) is 0 Å². The van der Waals surface area contributed by atoms with Crippen LogP contribution in [0.15, 0.2) is 18.2 Å². The van der Waals surface area contributed by atoms with Crippen LogP contribution in [-0.4, -0.2) is 52.1 Å². The van der Waals surface area contributed by atoms with Crippen molar-refractivity contribution in [3.05, 3.63) is 34.9 Å². The Morgan fingerprint density at radius 1 is 1.10 bits per heavy atom. The highest BCUT2D eigenvalue weighted by atomic mass is 16.4. The van der Waals surface area contributed by atoms with Gasteiger partial charge in [0, 0.05) is 0 Å². The molecule has 0 aliphatic heterocycles. The van der Waals surface area contributed by atoms with Gasteiger partial charge in [0.1, 0.15) is 6.10 Å². The molecule has 2 unspecified atom stereocenters. The molecule has 110 valence electrons. The fraction of sp³-hybridized carbons (Fsp3) is 0.385. The summed E-state index contributed by atoms with van der Waals surface area (Å²) in [5, 5.41) is 40.4. The first kappa shape index (κ1) is 16.1. The molecule has 0 saturated carbocycles. The van der Waals surface area contributed by atoms with Crippen molar-refractivity contribution >= 4 is 11.9 Å². The quantitative estimate of drug-likeness (QED) is 0.479. The van der Waals surface area contributed by atoms with E-state index in [1.54, 1.807) is 7.05 Å². The molecule has 0 aliphatic carbocycles. The van der Waals surface area contributed by atoms with E-state index in [1.807, 2.05) is 0 Å². The lowest BCUT2D eigenvalue weighted by Gasteiger charge is -2.19. The number of benzene rings is 1. The second-order valence-corrected chi connectivity index (χ2v) is 4.36. The molecule has 5 N–H and O–H groups in total. The SMILES string of the molecule is CNCCC(O)C(O)c1cc(C(=O)O)cc(C(=O)O)c1. The topological polar surface area (TPSA) is 127 Å². The van der Waals surface area contributed by atoms with E-state index < -0.39 is 24.1 Å². The molecule has 0 aromatic heterocycles. The second-order valence-electron chi connectivity index (χ2n) is 4.36. The smallest absolute Gasteiger partial charge is 0.335 e. The van der Waals surface area contributed by atoms with E-state index in [2.05, 4.69) is 5.32 Å². The van der Waals surface area contributed by atoms with Gasteiger partial charge in [-0.3, -0.25) is 0 Å². The number of aliphatic hydroxyl groups excluding tert-OH is 2. The molecule has 2 atom stereocenters. The Morgan fingerprint density at radius 3 is 2.00 bits per heavy atom. The molecule has 1 rings (SSSR count). The molecule has 1 aromatic rings. The van der Waals surface area contributed by atoms with Crippen LogP contribution in [-0.2, 0) is 0 Å². The van der Waals surface area contributed by atoms with E-state index in [9.17, 15) is 19.8 Å². The van der Waals surface area contributed by atoms with Crippen molar-refractivity contribution in [2.45, 2.75) is 18.6 Å². The summed E-state index contributed by atoms with van der Waals surface area (Å²) in [5.74, 6) is -2.60. The van der Waals surface area contributed by atoms with Crippen LogP contribution >= 0.6 is 0 Å². The van der Waals surface area contributed by atoms with Crippen LogP contribution in [0, 0.1) is 0 Å². The number of nitrogens with one attached hydrogen (secondary N) is 1. The molecule has 0 heterocycles. The highest BCUT2D eigenvalue weighted by molar-refractivity contribution is 5.94. The molecule has 7 nitrogen and oxygen atoms in total. The molecule has 0 spiro atoms. The fourth-order valence-electron chi connectivity index (χ4n) is 1.74. The van der Waals surface area contributed by atoms with Crippen molar-refractivity contribution in [1.29, 1.82) is 0 Å². The van der Waals surface area contributed by atoms with Crippen LogP contribution in [0.5, 0.6) is 0 Å². The molecule has 0 radical (unpaired) electrons. The first-order chi connectivity index (χ1) is 9.36. The number of carboxylic acids is 2. The molecule has 20 heavy (non-hydrogen) atoms. The monoisotopic (exact) mass is 283 g/mol. The Balaban J connectivity index is 3.09. The van der Waals surface area contributed by atoms with Gasteiger partial charge in [0.2, 0.25) is 0 Å². The number of carboxylic acid groups (broad SMARTS) is 2. The second kappa shape index (κ2) is 6.99. The van der Waals surface area contributed by atoms with E-state index >= 15 is 0 Å². The molecular weight excluding hydrogens is 266 g/mol. The summed E-state index contributed by atoms with van der Waals surface area (Å²) >= 11 is 0. The number of aliphatic hydroxyl groups is 2. The Morgan fingerprint density at radius 2 is 1.60 bits per heavy atom. The maximum absolute atomic E-state index is 10.9. The number of rotatable bonds is 7. The average molecular weight is 283 g/mol. The summed E-state index contributed by atoms with van der Waals surface area (Å²) in [5.41, 5.74) is -0.439. The van der Waals surface area contributed by atoms with E-state index in [1.165, 1.54) is 0 Å².